The van der Waals surface area contributed by atoms with Crippen molar-refractivity contribution in [2.24, 2.45) is 5.92 Å². The molecule has 1 fully saturated rings. The van der Waals surface area contributed by atoms with Crippen LogP contribution in [0, 0.1) is 12.8 Å². The van der Waals surface area contributed by atoms with Gasteiger partial charge in [-0.25, -0.2) is 4.98 Å². The summed E-state index contributed by atoms with van der Waals surface area (Å²) in [4.78, 5) is 4.65. The van der Waals surface area contributed by atoms with Crippen molar-refractivity contribution in [1.82, 2.24) is 9.55 Å². The van der Waals surface area contributed by atoms with E-state index in [2.05, 4.69) is 41.8 Å². The molecule has 0 aromatic carbocycles. The van der Waals surface area contributed by atoms with Crippen LogP contribution in [-0.2, 0) is 0 Å². The molecule has 2 rings (SSSR count). The quantitative estimate of drug-likeness (QED) is 0.763. The van der Waals surface area contributed by atoms with Gasteiger partial charge in [-0.15, -0.1) is 0 Å². The first-order chi connectivity index (χ1) is 9.16. The zero-order valence-electron chi connectivity index (χ0n) is 12.8. The smallest absolute Gasteiger partial charge is 0.203 e. The Hall–Kier alpha value is -0.990. The average Bonchev–Trinajstić information content (AvgIpc) is 2.77. The van der Waals surface area contributed by atoms with E-state index in [1.165, 1.54) is 44.9 Å². The molecule has 0 saturated heterocycles. The van der Waals surface area contributed by atoms with Gasteiger partial charge in [0.05, 0.1) is 5.69 Å². The third-order valence-corrected chi connectivity index (χ3v) is 4.06. The molecule has 0 unspecified atom stereocenters. The highest BCUT2D eigenvalue weighted by Crippen LogP contribution is 2.30. The maximum Gasteiger partial charge on any atom is 0.203 e. The maximum absolute atomic E-state index is 4.65. The van der Waals surface area contributed by atoms with Gasteiger partial charge in [0.15, 0.2) is 0 Å². The standard InChI is InChI=1S/C16H29N3/c1-13(2)8-7-11-17-16-18-14(3)12-19(16)15-9-5-4-6-10-15/h12-13,15H,4-11H2,1-3H3,(H,17,18). The second kappa shape index (κ2) is 6.97. The van der Waals surface area contributed by atoms with Crippen LogP contribution in [0.25, 0.3) is 0 Å². The number of aryl methyl sites for hydroxylation is 1. The fraction of sp³-hybridized carbons (Fsp3) is 0.812. The molecule has 1 heterocycles. The summed E-state index contributed by atoms with van der Waals surface area (Å²) in [6.45, 7) is 7.71. The van der Waals surface area contributed by atoms with E-state index in [4.69, 9.17) is 0 Å². The van der Waals surface area contributed by atoms with Crippen LogP contribution >= 0.6 is 0 Å². The van der Waals surface area contributed by atoms with Crippen LogP contribution in [0.1, 0.15) is 70.5 Å². The Morgan fingerprint density at radius 1 is 1.32 bits per heavy atom. The predicted octanol–water partition coefficient (Wildman–Crippen LogP) is 4.54. The number of imidazole rings is 1. The minimum absolute atomic E-state index is 0.669. The molecule has 19 heavy (non-hydrogen) atoms. The number of rotatable bonds is 6. The number of aromatic nitrogens is 2. The van der Waals surface area contributed by atoms with E-state index >= 15 is 0 Å². The van der Waals surface area contributed by atoms with E-state index in [-0.39, 0.29) is 0 Å². The van der Waals surface area contributed by atoms with Crippen molar-refractivity contribution in [3.05, 3.63) is 11.9 Å². The molecule has 1 aromatic rings. The predicted molar refractivity (Wildman–Crippen MR) is 81.6 cm³/mol. The molecule has 0 amide bonds. The van der Waals surface area contributed by atoms with Crippen molar-refractivity contribution in [1.29, 1.82) is 0 Å². The summed E-state index contributed by atoms with van der Waals surface area (Å²) in [5, 5.41) is 3.54. The Kier molecular flexibility index (Phi) is 5.29. The van der Waals surface area contributed by atoms with E-state index in [9.17, 15) is 0 Å². The molecule has 1 saturated carbocycles. The van der Waals surface area contributed by atoms with Crippen LogP contribution in [0.5, 0.6) is 0 Å². The molecule has 0 bridgehead atoms. The molecule has 1 aromatic heterocycles. The fourth-order valence-corrected chi connectivity index (χ4v) is 2.99. The SMILES string of the molecule is Cc1cn(C2CCCCC2)c(NCCCC(C)C)n1. The van der Waals surface area contributed by atoms with Gasteiger partial charge in [0.25, 0.3) is 0 Å². The molecule has 1 N–H and O–H groups in total. The minimum Gasteiger partial charge on any atom is -0.356 e. The average molecular weight is 263 g/mol. The third-order valence-electron chi connectivity index (χ3n) is 4.06. The highest BCUT2D eigenvalue weighted by Gasteiger charge is 2.18. The molecule has 1 aliphatic rings. The third kappa shape index (κ3) is 4.26. The van der Waals surface area contributed by atoms with Gasteiger partial charge >= 0.3 is 0 Å². The number of hydrogen-bond donors (Lipinski definition) is 1. The van der Waals surface area contributed by atoms with Crippen LogP contribution in [0.3, 0.4) is 0 Å². The molecule has 0 aliphatic heterocycles. The Morgan fingerprint density at radius 3 is 2.74 bits per heavy atom. The lowest BCUT2D eigenvalue weighted by molar-refractivity contribution is 0.355. The van der Waals surface area contributed by atoms with E-state index in [1.807, 2.05) is 0 Å². The fourth-order valence-electron chi connectivity index (χ4n) is 2.99. The summed E-state index contributed by atoms with van der Waals surface area (Å²) < 4.78 is 2.39. The van der Waals surface area contributed by atoms with Gasteiger partial charge in [-0.1, -0.05) is 33.1 Å². The van der Waals surface area contributed by atoms with Gasteiger partial charge in [-0.3, -0.25) is 0 Å². The van der Waals surface area contributed by atoms with Gasteiger partial charge in [-0.2, -0.15) is 0 Å². The van der Waals surface area contributed by atoms with Crippen molar-refractivity contribution < 1.29 is 0 Å². The molecule has 3 heteroatoms. The van der Waals surface area contributed by atoms with E-state index < -0.39 is 0 Å². The second-order valence-corrected chi connectivity index (χ2v) is 6.37. The highest BCUT2D eigenvalue weighted by molar-refractivity contribution is 5.29. The molecule has 3 nitrogen and oxygen atoms in total. The lowest BCUT2D eigenvalue weighted by Gasteiger charge is -2.24. The second-order valence-electron chi connectivity index (χ2n) is 6.37. The highest BCUT2D eigenvalue weighted by atomic mass is 15.2. The summed E-state index contributed by atoms with van der Waals surface area (Å²) in [6.07, 6.45) is 11.5. The lowest BCUT2D eigenvalue weighted by Crippen LogP contribution is -2.16. The Bertz CT molecular complexity index is 375. The number of anilines is 1. The normalized spacial score (nSPS) is 17.1. The van der Waals surface area contributed by atoms with Gasteiger partial charge in [0, 0.05) is 18.8 Å². The lowest BCUT2D eigenvalue weighted by atomic mass is 9.95. The summed E-state index contributed by atoms with van der Waals surface area (Å²) in [6, 6.07) is 0.669. The van der Waals surface area contributed by atoms with Crippen LogP contribution in [-0.4, -0.2) is 16.1 Å². The molecule has 0 atom stereocenters. The van der Waals surface area contributed by atoms with Crippen molar-refractivity contribution in [3.8, 4) is 0 Å². The molecular weight excluding hydrogens is 234 g/mol. The minimum atomic E-state index is 0.669. The summed E-state index contributed by atoms with van der Waals surface area (Å²) in [5.74, 6) is 1.88. The zero-order chi connectivity index (χ0) is 13.7. The van der Waals surface area contributed by atoms with Crippen LogP contribution in [0.4, 0.5) is 5.95 Å². The summed E-state index contributed by atoms with van der Waals surface area (Å²) in [5.41, 5.74) is 1.14. The summed E-state index contributed by atoms with van der Waals surface area (Å²) in [7, 11) is 0. The van der Waals surface area contributed by atoms with Gasteiger partial charge < -0.3 is 9.88 Å². The Morgan fingerprint density at radius 2 is 2.05 bits per heavy atom. The first-order valence-electron chi connectivity index (χ1n) is 7.96. The van der Waals surface area contributed by atoms with E-state index in [0.717, 1.165) is 24.1 Å². The first-order valence-corrected chi connectivity index (χ1v) is 7.96. The topological polar surface area (TPSA) is 29.9 Å². The van der Waals surface area contributed by atoms with Crippen molar-refractivity contribution in [2.45, 2.75) is 71.8 Å². The molecule has 0 radical (unpaired) electrons. The monoisotopic (exact) mass is 263 g/mol. The van der Waals surface area contributed by atoms with E-state index in [0.29, 0.717) is 6.04 Å². The maximum atomic E-state index is 4.65. The van der Waals surface area contributed by atoms with Crippen LogP contribution in [0.2, 0.25) is 0 Å². The number of hydrogen-bond acceptors (Lipinski definition) is 2. The van der Waals surface area contributed by atoms with Crippen LogP contribution < -0.4 is 5.32 Å². The molecule has 108 valence electrons. The van der Waals surface area contributed by atoms with Crippen molar-refractivity contribution in [3.63, 3.8) is 0 Å². The van der Waals surface area contributed by atoms with Gasteiger partial charge in [0.1, 0.15) is 0 Å². The summed E-state index contributed by atoms with van der Waals surface area (Å²) >= 11 is 0. The first kappa shape index (κ1) is 14.4. The zero-order valence-corrected chi connectivity index (χ0v) is 12.8. The number of nitrogens with one attached hydrogen (secondary N) is 1. The number of nitrogens with zero attached hydrogens (tertiary/aromatic N) is 2. The molecular formula is C16H29N3. The van der Waals surface area contributed by atoms with Crippen LogP contribution in [0.15, 0.2) is 6.20 Å². The molecule has 1 aliphatic carbocycles. The van der Waals surface area contributed by atoms with Crippen molar-refractivity contribution >= 4 is 5.95 Å². The van der Waals surface area contributed by atoms with Crippen molar-refractivity contribution in [2.75, 3.05) is 11.9 Å². The van der Waals surface area contributed by atoms with Gasteiger partial charge in [-0.05, 0) is 38.5 Å². The Balaban J connectivity index is 1.91. The molecule has 0 spiro atoms. The van der Waals surface area contributed by atoms with E-state index in [1.54, 1.807) is 0 Å². The Labute approximate surface area is 117 Å². The van der Waals surface area contributed by atoms with Gasteiger partial charge in [0.2, 0.25) is 5.95 Å². The largest absolute Gasteiger partial charge is 0.356 e.